The monoisotopic (exact) mass is 550 g/mol. The van der Waals surface area contributed by atoms with Gasteiger partial charge < -0.3 is 9.64 Å². The molecule has 186 valence electrons. The summed E-state index contributed by atoms with van der Waals surface area (Å²) in [6.45, 7) is 4.13. The average Bonchev–Trinajstić information content (AvgIpc) is 2.87. The van der Waals surface area contributed by atoms with Gasteiger partial charge in [-0.05, 0) is 42.8 Å². The Bertz CT molecular complexity index is 1480. The van der Waals surface area contributed by atoms with Crippen LogP contribution in [0.4, 0.5) is 10.1 Å². The van der Waals surface area contributed by atoms with E-state index in [2.05, 4.69) is 21.0 Å². The topological polar surface area (TPSA) is 59.7 Å². The van der Waals surface area contributed by atoms with E-state index in [4.69, 9.17) is 9.72 Å². The molecule has 0 amide bonds. The maximum atomic E-state index is 14.2. The molecule has 0 N–H and O–H groups in total. The number of benzene rings is 3. The first-order chi connectivity index (χ1) is 17.3. The van der Waals surface area contributed by atoms with Crippen LogP contribution in [0, 0.1) is 5.82 Å². The Morgan fingerprint density at radius 2 is 1.94 bits per heavy atom. The molecule has 0 fully saturated rings. The van der Waals surface area contributed by atoms with Crippen molar-refractivity contribution >= 4 is 38.7 Å². The molecule has 3 aromatic carbocycles. The van der Waals surface area contributed by atoms with Crippen LogP contribution in [0.2, 0.25) is 0 Å². The first-order valence-corrected chi connectivity index (χ1v) is 12.5. The molecule has 0 aliphatic carbocycles. The van der Waals surface area contributed by atoms with E-state index in [1.165, 1.54) is 10.7 Å². The van der Waals surface area contributed by atoms with Crippen LogP contribution in [0.15, 0.2) is 75.0 Å². The number of ether oxygens (including phenoxy) is 1. The number of rotatable bonds is 8. The Hall–Kier alpha value is -3.52. The number of nitrogens with zero attached hydrogens (tertiary/aromatic N) is 4. The highest BCUT2D eigenvalue weighted by molar-refractivity contribution is 9.10. The summed E-state index contributed by atoms with van der Waals surface area (Å²) in [5.74, 6) is 0.820. The zero-order valence-electron chi connectivity index (χ0n) is 20.7. The number of fused-ring (bicyclic) bond motifs is 1. The summed E-state index contributed by atoms with van der Waals surface area (Å²) in [6, 6.07) is 17.6. The fraction of sp³-hybridized carbons (Fsp3) is 0.250. The second-order valence-electron chi connectivity index (χ2n) is 8.80. The standard InChI is InChI=1S/C28H28BrFN4O2/c1-5-18(2)27-32-25-13-11-21(29)14-23(25)28(35)34(27)31-16-19-10-12-22(33(3)4)15-26(19)36-17-20-8-6-7-9-24(20)30/h6-16,18H,5,17H2,1-4H3/t18-/m1/s1. The lowest BCUT2D eigenvalue weighted by Crippen LogP contribution is -2.23. The van der Waals surface area contributed by atoms with Crippen LogP contribution >= 0.6 is 15.9 Å². The molecule has 6 nitrogen and oxygen atoms in total. The number of hydrogen-bond donors (Lipinski definition) is 0. The van der Waals surface area contributed by atoms with Crippen molar-refractivity contribution in [2.45, 2.75) is 32.8 Å². The molecule has 36 heavy (non-hydrogen) atoms. The largest absolute Gasteiger partial charge is 0.488 e. The van der Waals surface area contributed by atoms with Crippen LogP contribution in [-0.2, 0) is 6.61 Å². The van der Waals surface area contributed by atoms with Crippen LogP contribution in [0.1, 0.15) is 43.1 Å². The molecule has 0 aliphatic rings. The minimum atomic E-state index is -0.324. The maximum Gasteiger partial charge on any atom is 0.282 e. The van der Waals surface area contributed by atoms with Crippen molar-refractivity contribution in [2.75, 3.05) is 19.0 Å². The highest BCUT2D eigenvalue weighted by Crippen LogP contribution is 2.26. The maximum absolute atomic E-state index is 14.2. The normalized spacial score (nSPS) is 12.3. The lowest BCUT2D eigenvalue weighted by molar-refractivity contribution is 0.299. The van der Waals surface area contributed by atoms with Gasteiger partial charge in [-0.3, -0.25) is 4.79 Å². The van der Waals surface area contributed by atoms with Gasteiger partial charge in [0.15, 0.2) is 0 Å². The second kappa shape index (κ2) is 11.0. The van der Waals surface area contributed by atoms with Gasteiger partial charge in [0, 0.05) is 47.4 Å². The molecule has 1 atom stereocenters. The van der Waals surface area contributed by atoms with Crippen molar-refractivity contribution in [3.63, 3.8) is 0 Å². The Balaban J connectivity index is 1.78. The fourth-order valence-electron chi connectivity index (χ4n) is 3.70. The zero-order valence-corrected chi connectivity index (χ0v) is 22.3. The third-order valence-corrected chi connectivity index (χ3v) is 6.55. The van der Waals surface area contributed by atoms with Gasteiger partial charge in [-0.1, -0.05) is 48.0 Å². The van der Waals surface area contributed by atoms with Gasteiger partial charge in [0.05, 0.1) is 17.1 Å². The van der Waals surface area contributed by atoms with Gasteiger partial charge in [-0.25, -0.2) is 9.37 Å². The van der Waals surface area contributed by atoms with E-state index in [9.17, 15) is 9.18 Å². The summed E-state index contributed by atoms with van der Waals surface area (Å²) in [7, 11) is 3.86. The molecule has 4 aromatic rings. The molecule has 0 bridgehead atoms. The Morgan fingerprint density at radius 1 is 1.17 bits per heavy atom. The van der Waals surface area contributed by atoms with Crippen molar-refractivity contribution in [1.82, 2.24) is 9.66 Å². The van der Waals surface area contributed by atoms with Gasteiger partial charge in [0.2, 0.25) is 0 Å². The van der Waals surface area contributed by atoms with Gasteiger partial charge in [-0.2, -0.15) is 9.78 Å². The molecule has 1 aromatic heterocycles. The van der Waals surface area contributed by atoms with Crippen LogP contribution < -0.4 is 15.2 Å². The SMILES string of the molecule is CC[C@@H](C)c1nc2ccc(Br)cc2c(=O)n1N=Cc1ccc(N(C)C)cc1OCc1ccccc1F. The molecular formula is C28H28BrFN4O2. The summed E-state index contributed by atoms with van der Waals surface area (Å²) in [5, 5.41) is 5.05. The Morgan fingerprint density at radius 3 is 2.67 bits per heavy atom. The summed E-state index contributed by atoms with van der Waals surface area (Å²) in [5.41, 5.74) is 2.43. The highest BCUT2D eigenvalue weighted by atomic mass is 79.9. The van der Waals surface area contributed by atoms with Crippen molar-refractivity contribution in [2.24, 2.45) is 5.10 Å². The van der Waals surface area contributed by atoms with Crippen molar-refractivity contribution in [3.05, 3.63) is 98.3 Å². The molecule has 0 spiro atoms. The van der Waals surface area contributed by atoms with Gasteiger partial charge in [0.1, 0.15) is 24.0 Å². The van der Waals surface area contributed by atoms with E-state index in [-0.39, 0.29) is 23.9 Å². The van der Waals surface area contributed by atoms with E-state index in [0.717, 1.165) is 16.6 Å². The molecule has 0 aliphatic heterocycles. The van der Waals surface area contributed by atoms with Crippen LogP contribution in [0.25, 0.3) is 10.9 Å². The molecular weight excluding hydrogens is 523 g/mol. The van der Waals surface area contributed by atoms with Gasteiger partial charge in [-0.15, -0.1) is 0 Å². The molecule has 8 heteroatoms. The first kappa shape index (κ1) is 25.6. The molecule has 0 saturated carbocycles. The number of anilines is 1. The molecule has 0 radical (unpaired) electrons. The second-order valence-corrected chi connectivity index (χ2v) is 9.71. The Labute approximate surface area is 218 Å². The third kappa shape index (κ3) is 5.49. The van der Waals surface area contributed by atoms with Crippen molar-refractivity contribution in [3.8, 4) is 5.75 Å². The number of hydrogen-bond acceptors (Lipinski definition) is 5. The summed E-state index contributed by atoms with van der Waals surface area (Å²) >= 11 is 3.44. The van der Waals surface area contributed by atoms with E-state index in [1.54, 1.807) is 30.5 Å². The average molecular weight is 551 g/mol. The van der Waals surface area contributed by atoms with Crippen molar-refractivity contribution < 1.29 is 9.13 Å². The number of aromatic nitrogens is 2. The third-order valence-electron chi connectivity index (χ3n) is 6.05. The zero-order chi connectivity index (χ0) is 25.8. The van der Waals surface area contributed by atoms with Gasteiger partial charge >= 0.3 is 0 Å². The van der Waals surface area contributed by atoms with Crippen LogP contribution in [0.3, 0.4) is 0 Å². The molecule has 0 saturated heterocycles. The van der Waals surface area contributed by atoms with Crippen molar-refractivity contribution in [1.29, 1.82) is 0 Å². The summed E-state index contributed by atoms with van der Waals surface area (Å²) < 4.78 is 22.4. The van der Waals surface area contributed by atoms with E-state index in [0.29, 0.717) is 33.6 Å². The quantitative estimate of drug-likeness (QED) is 0.240. The number of halogens is 2. The van der Waals surface area contributed by atoms with E-state index < -0.39 is 0 Å². The van der Waals surface area contributed by atoms with E-state index >= 15 is 0 Å². The van der Waals surface area contributed by atoms with Gasteiger partial charge in [0.25, 0.3) is 5.56 Å². The molecule has 1 heterocycles. The summed E-state index contributed by atoms with van der Waals surface area (Å²) in [6.07, 6.45) is 2.40. The van der Waals surface area contributed by atoms with Crippen LogP contribution in [0.5, 0.6) is 5.75 Å². The minimum absolute atomic E-state index is 0.0239. The lowest BCUT2D eigenvalue weighted by atomic mass is 10.1. The molecule has 0 unspecified atom stereocenters. The fourth-order valence-corrected chi connectivity index (χ4v) is 4.06. The van der Waals surface area contributed by atoms with E-state index in [1.807, 2.05) is 63.2 Å². The highest BCUT2D eigenvalue weighted by Gasteiger charge is 2.16. The Kier molecular flexibility index (Phi) is 7.84. The minimum Gasteiger partial charge on any atom is -0.488 e. The first-order valence-electron chi connectivity index (χ1n) is 11.7. The smallest absolute Gasteiger partial charge is 0.282 e. The predicted octanol–water partition coefficient (Wildman–Crippen LogP) is 6.34. The summed E-state index contributed by atoms with van der Waals surface area (Å²) in [4.78, 5) is 20.1. The van der Waals surface area contributed by atoms with Crippen LogP contribution in [-0.4, -0.2) is 30.0 Å². The molecule has 4 rings (SSSR count). The lowest BCUT2D eigenvalue weighted by Gasteiger charge is -2.17. The predicted molar refractivity (Wildman–Crippen MR) is 147 cm³/mol.